The van der Waals surface area contributed by atoms with E-state index in [0.717, 1.165) is 13.1 Å². The fourth-order valence-corrected chi connectivity index (χ4v) is 2.14. The van der Waals surface area contributed by atoms with Crippen LogP contribution < -0.4 is 20.1 Å². The van der Waals surface area contributed by atoms with E-state index in [4.69, 9.17) is 0 Å². The Labute approximate surface area is 96.9 Å². The van der Waals surface area contributed by atoms with Crippen LogP contribution in [0.2, 0.25) is 0 Å². The molecule has 0 aliphatic carbocycles. The van der Waals surface area contributed by atoms with Crippen molar-refractivity contribution in [2.75, 3.05) is 19.6 Å². The highest BCUT2D eigenvalue weighted by atomic mass is 19.3. The van der Waals surface area contributed by atoms with Gasteiger partial charge in [-0.25, -0.2) is 0 Å². The minimum absolute atomic E-state index is 0.0313. The molecule has 0 saturated carbocycles. The molecule has 2 aliphatic heterocycles. The standard InChI is InChI=1S/C11H12F2N2O2/c12-11(13)16-9-3-1-2-7(10(9)17-11)8-6-14-4-5-15-8/h1-3,8,14-15H,4-6H2/t8-/m1/s1. The lowest BCUT2D eigenvalue weighted by Crippen LogP contribution is -2.42. The number of fused-ring (bicyclic) bond motifs is 1. The molecule has 6 heteroatoms. The monoisotopic (exact) mass is 242 g/mol. The van der Waals surface area contributed by atoms with Crippen molar-refractivity contribution >= 4 is 0 Å². The molecule has 0 radical (unpaired) electrons. The first kappa shape index (κ1) is 10.7. The number of hydrogen-bond acceptors (Lipinski definition) is 4. The number of hydrogen-bond donors (Lipinski definition) is 2. The van der Waals surface area contributed by atoms with Crippen LogP contribution in [-0.4, -0.2) is 25.9 Å². The van der Waals surface area contributed by atoms with E-state index in [2.05, 4.69) is 20.1 Å². The highest BCUT2D eigenvalue weighted by Gasteiger charge is 2.45. The zero-order valence-corrected chi connectivity index (χ0v) is 9.00. The van der Waals surface area contributed by atoms with Gasteiger partial charge in [-0.3, -0.25) is 0 Å². The summed E-state index contributed by atoms with van der Waals surface area (Å²) in [7, 11) is 0. The van der Waals surface area contributed by atoms with Crippen LogP contribution >= 0.6 is 0 Å². The number of para-hydroxylation sites is 1. The third kappa shape index (κ3) is 1.94. The molecule has 4 nitrogen and oxygen atoms in total. The van der Waals surface area contributed by atoms with Gasteiger partial charge in [-0.2, -0.15) is 0 Å². The summed E-state index contributed by atoms with van der Waals surface area (Å²) in [4.78, 5) is 0. The van der Waals surface area contributed by atoms with Crippen LogP contribution in [0.5, 0.6) is 11.5 Å². The maximum atomic E-state index is 13.0. The van der Waals surface area contributed by atoms with Crippen LogP contribution in [0.25, 0.3) is 0 Å². The Bertz CT molecular complexity index is 433. The second kappa shape index (κ2) is 3.82. The Morgan fingerprint density at radius 2 is 2.12 bits per heavy atom. The van der Waals surface area contributed by atoms with Crippen molar-refractivity contribution in [2.24, 2.45) is 0 Å². The third-order valence-corrected chi connectivity index (χ3v) is 2.88. The first-order valence-electron chi connectivity index (χ1n) is 5.48. The number of alkyl halides is 2. The Hall–Kier alpha value is -1.40. The molecular formula is C11H12F2N2O2. The lowest BCUT2D eigenvalue weighted by molar-refractivity contribution is -0.287. The van der Waals surface area contributed by atoms with E-state index < -0.39 is 6.29 Å². The Kier molecular flexibility index (Phi) is 2.41. The fourth-order valence-electron chi connectivity index (χ4n) is 2.14. The number of ether oxygens (including phenoxy) is 2. The molecule has 1 atom stereocenters. The Morgan fingerprint density at radius 1 is 1.24 bits per heavy atom. The smallest absolute Gasteiger partial charge is 0.395 e. The molecule has 1 fully saturated rings. The van der Waals surface area contributed by atoms with Gasteiger partial charge in [0, 0.05) is 31.2 Å². The summed E-state index contributed by atoms with van der Waals surface area (Å²) in [5.74, 6) is 0.235. The molecule has 2 heterocycles. The van der Waals surface area contributed by atoms with Crippen LogP contribution in [-0.2, 0) is 0 Å². The number of piperazine rings is 1. The van der Waals surface area contributed by atoms with Gasteiger partial charge in [-0.1, -0.05) is 12.1 Å². The van der Waals surface area contributed by atoms with Gasteiger partial charge in [-0.15, -0.1) is 8.78 Å². The normalized spacial score (nSPS) is 25.9. The zero-order chi connectivity index (χ0) is 11.9. The molecule has 0 bridgehead atoms. The maximum absolute atomic E-state index is 13.0. The fraction of sp³-hybridized carbons (Fsp3) is 0.455. The van der Waals surface area contributed by atoms with Crippen molar-refractivity contribution < 1.29 is 18.3 Å². The molecule has 2 N–H and O–H groups in total. The second-order valence-electron chi connectivity index (χ2n) is 4.05. The number of rotatable bonds is 1. The van der Waals surface area contributed by atoms with Gasteiger partial charge < -0.3 is 20.1 Å². The van der Waals surface area contributed by atoms with Gasteiger partial charge in [-0.05, 0) is 6.07 Å². The summed E-state index contributed by atoms with van der Waals surface area (Å²) in [5.41, 5.74) is 0.701. The van der Waals surface area contributed by atoms with Gasteiger partial charge in [0.15, 0.2) is 11.5 Å². The van der Waals surface area contributed by atoms with Crippen LogP contribution in [0.15, 0.2) is 18.2 Å². The predicted octanol–water partition coefficient (Wildman–Crippen LogP) is 1.24. The van der Waals surface area contributed by atoms with Crippen molar-refractivity contribution in [2.45, 2.75) is 12.3 Å². The molecule has 17 heavy (non-hydrogen) atoms. The van der Waals surface area contributed by atoms with Crippen molar-refractivity contribution in [1.29, 1.82) is 0 Å². The van der Waals surface area contributed by atoms with Gasteiger partial charge in [0.1, 0.15) is 0 Å². The molecule has 1 aromatic rings. The average Bonchev–Trinajstić information content (AvgIpc) is 2.63. The van der Waals surface area contributed by atoms with Crippen LogP contribution in [0.1, 0.15) is 11.6 Å². The molecule has 0 spiro atoms. The number of halogens is 2. The molecule has 3 rings (SSSR count). The topological polar surface area (TPSA) is 42.5 Å². The van der Waals surface area contributed by atoms with Gasteiger partial charge >= 0.3 is 6.29 Å². The SMILES string of the molecule is FC1(F)Oc2cccc([C@H]3CNCCN3)c2O1. The molecule has 0 amide bonds. The highest BCUT2D eigenvalue weighted by Crippen LogP contribution is 2.45. The lowest BCUT2D eigenvalue weighted by Gasteiger charge is -2.25. The summed E-state index contributed by atoms with van der Waals surface area (Å²) in [6, 6.07) is 4.91. The second-order valence-corrected chi connectivity index (χ2v) is 4.05. The minimum Gasteiger partial charge on any atom is -0.395 e. The maximum Gasteiger partial charge on any atom is 0.586 e. The first-order valence-corrected chi connectivity index (χ1v) is 5.48. The van der Waals surface area contributed by atoms with E-state index in [-0.39, 0.29) is 17.5 Å². The lowest BCUT2D eigenvalue weighted by atomic mass is 10.0. The quantitative estimate of drug-likeness (QED) is 0.777. The van der Waals surface area contributed by atoms with E-state index >= 15 is 0 Å². The summed E-state index contributed by atoms with van der Waals surface area (Å²) in [5, 5.41) is 6.45. The third-order valence-electron chi connectivity index (χ3n) is 2.88. The van der Waals surface area contributed by atoms with E-state index in [0.29, 0.717) is 12.1 Å². The van der Waals surface area contributed by atoms with Crippen LogP contribution in [0.3, 0.4) is 0 Å². The minimum atomic E-state index is -3.56. The number of benzene rings is 1. The van der Waals surface area contributed by atoms with E-state index in [1.165, 1.54) is 6.07 Å². The van der Waals surface area contributed by atoms with E-state index in [1.54, 1.807) is 12.1 Å². The Morgan fingerprint density at radius 3 is 2.88 bits per heavy atom. The first-order chi connectivity index (χ1) is 8.16. The average molecular weight is 242 g/mol. The van der Waals surface area contributed by atoms with Gasteiger partial charge in [0.25, 0.3) is 0 Å². The molecular weight excluding hydrogens is 230 g/mol. The van der Waals surface area contributed by atoms with E-state index in [9.17, 15) is 8.78 Å². The number of nitrogens with one attached hydrogen (secondary N) is 2. The summed E-state index contributed by atoms with van der Waals surface area (Å²) >= 11 is 0. The molecule has 0 unspecified atom stereocenters. The molecule has 2 aliphatic rings. The predicted molar refractivity (Wildman–Crippen MR) is 56.3 cm³/mol. The van der Waals surface area contributed by atoms with Crippen molar-refractivity contribution in [3.8, 4) is 11.5 Å². The summed E-state index contributed by atoms with van der Waals surface area (Å²) in [6.07, 6.45) is -3.56. The van der Waals surface area contributed by atoms with Crippen molar-refractivity contribution in [3.63, 3.8) is 0 Å². The summed E-state index contributed by atoms with van der Waals surface area (Å²) < 4.78 is 35.0. The van der Waals surface area contributed by atoms with Crippen LogP contribution in [0, 0.1) is 0 Å². The summed E-state index contributed by atoms with van der Waals surface area (Å²) in [6.45, 7) is 2.36. The van der Waals surface area contributed by atoms with E-state index in [1.807, 2.05) is 0 Å². The molecule has 1 aromatic carbocycles. The molecule has 0 aromatic heterocycles. The molecule has 1 saturated heterocycles. The zero-order valence-electron chi connectivity index (χ0n) is 9.00. The van der Waals surface area contributed by atoms with Crippen molar-refractivity contribution in [1.82, 2.24) is 10.6 Å². The molecule has 92 valence electrons. The van der Waals surface area contributed by atoms with Crippen molar-refractivity contribution in [3.05, 3.63) is 23.8 Å². The van der Waals surface area contributed by atoms with Gasteiger partial charge in [0.05, 0.1) is 0 Å². The Balaban J connectivity index is 1.94. The largest absolute Gasteiger partial charge is 0.586 e. The van der Waals surface area contributed by atoms with Crippen LogP contribution in [0.4, 0.5) is 8.78 Å². The van der Waals surface area contributed by atoms with Gasteiger partial charge in [0.2, 0.25) is 0 Å². The highest BCUT2D eigenvalue weighted by molar-refractivity contribution is 5.50.